The van der Waals surface area contributed by atoms with E-state index in [1.807, 2.05) is 19.9 Å². The fourth-order valence-corrected chi connectivity index (χ4v) is 2.14. The van der Waals surface area contributed by atoms with Crippen LogP contribution in [0.15, 0.2) is 46.6 Å². The summed E-state index contributed by atoms with van der Waals surface area (Å²) in [6.07, 6.45) is -1.32. The number of nitrogens with zero attached hydrogens (tertiary/aromatic N) is 4. The van der Waals surface area contributed by atoms with Gasteiger partial charge in [0, 0.05) is 19.2 Å². The van der Waals surface area contributed by atoms with Gasteiger partial charge in [-0.3, -0.25) is 5.32 Å². The second-order valence-corrected chi connectivity index (χ2v) is 5.43. The van der Waals surface area contributed by atoms with E-state index in [-0.39, 0.29) is 23.1 Å². The van der Waals surface area contributed by atoms with E-state index in [2.05, 4.69) is 25.3 Å². The highest BCUT2D eigenvalue weighted by Gasteiger charge is 2.18. The average molecular weight is 386 g/mol. The predicted molar refractivity (Wildman–Crippen MR) is 104 cm³/mol. The van der Waals surface area contributed by atoms with Crippen LogP contribution in [-0.4, -0.2) is 42.3 Å². The molecule has 10 nitrogen and oxygen atoms in total. The van der Waals surface area contributed by atoms with Crippen LogP contribution < -0.4 is 15.8 Å². The number of rotatable bonds is 6. The molecule has 0 aliphatic heterocycles. The zero-order valence-corrected chi connectivity index (χ0v) is 15.9. The second-order valence-electron chi connectivity index (χ2n) is 5.43. The molecule has 0 bridgehead atoms. The fourth-order valence-electron chi connectivity index (χ4n) is 2.14. The minimum absolute atomic E-state index is 0.00864. The van der Waals surface area contributed by atoms with Gasteiger partial charge < -0.3 is 20.1 Å². The largest absolute Gasteiger partial charge is 0.453 e. The van der Waals surface area contributed by atoms with Gasteiger partial charge in [-0.25, -0.2) is 14.6 Å². The van der Waals surface area contributed by atoms with E-state index in [1.54, 1.807) is 24.3 Å². The summed E-state index contributed by atoms with van der Waals surface area (Å²) >= 11 is 0. The van der Waals surface area contributed by atoms with Crippen LogP contribution in [-0.2, 0) is 4.74 Å². The number of pyridine rings is 1. The molecule has 0 aliphatic rings. The Kier molecular flexibility index (Phi) is 7.26. The van der Waals surface area contributed by atoms with Gasteiger partial charge in [-0.15, -0.1) is 5.11 Å². The number of hydrogen-bond donors (Lipinski definition) is 2. The SMILES string of the molecule is CCN(CC)C(=O)Oc1cc(/N=N/c2ccccc2)c(NC(=O)OC)nc1N. The Morgan fingerprint density at radius 1 is 1.18 bits per heavy atom. The van der Waals surface area contributed by atoms with E-state index in [9.17, 15) is 9.59 Å². The Bertz CT molecular complexity index is 853. The molecule has 0 aliphatic carbocycles. The summed E-state index contributed by atoms with van der Waals surface area (Å²) < 4.78 is 9.89. The number of hydrogen-bond acceptors (Lipinski definition) is 8. The van der Waals surface area contributed by atoms with Crippen molar-refractivity contribution in [3.05, 3.63) is 36.4 Å². The highest BCUT2D eigenvalue weighted by atomic mass is 16.6. The van der Waals surface area contributed by atoms with Gasteiger partial charge in [0.25, 0.3) is 0 Å². The maximum atomic E-state index is 12.2. The van der Waals surface area contributed by atoms with Crippen LogP contribution in [0.2, 0.25) is 0 Å². The Hall–Kier alpha value is -3.69. The van der Waals surface area contributed by atoms with Crippen LogP contribution in [0, 0.1) is 0 Å². The number of carbonyl (C=O) groups excluding carboxylic acids is 2. The summed E-state index contributed by atoms with van der Waals surface area (Å²) in [4.78, 5) is 29.3. The van der Waals surface area contributed by atoms with Crippen molar-refractivity contribution in [1.82, 2.24) is 9.88 Å². The Balaban J connectivity index is 2.38. The van der Waals surface area contributed by atoms with Gasteiger partial charge in [0.1, 0.15) is 5.69 Å². The van der Waals surface area contributed by atoms with E-state index in [1.165, 1.54) is 18.1 Å². The zero-order chi connectivity index (χ0) is 20.5. The van der Waals surface area contributed by atoms with Crippen molar-refractivity contribution in [1.29, 1.82) is 0 Å². The summed E-state index contributed by atoms with van der Waals surface area (Å²) in [5, 5.41) is 10.6. The molecule has 0 saturated heterocycles. The van der Waals surface area contributed by atoms with Crippen LogP contribution in [0.1, 0.15) is 13.8 Å². The monoisotopic (exact) mass is 386 g/mol. The smallest absolute Gasteiger partial charge is 0.415 e. The number of nitrogen functional groups attached to an aromatic ring is 1. The molecule has 0 fully saturated rings. The number of amides is 2. The predicted octanol–water partition coefficient (Wildman–Crippen LogP) is 4.10. The molecule has 1 heterocycles. The van der Waals surface area contributed by atoms with Gasteiger partial charge in [-0.1, -0.05) is 18.2 Å². The van der Waals surface area contributed by atoms with Crippen molar-refractivity contribution in [2.75, 3.05) is 31.2 Å². The van der Waals surface area contributed by atoms with Gasteiger partial charge >= 0.3 is 12.2 Å². The summed E-state index contributed by atoms with van der Waals surface area (Å²) in [5.74, 6) is -0.0634. The topological polar surface area (TPSA) is 132 Å². The molecule has 0 saturated carbocycles. The molecule has 1 aromatic carbocycles. The first-order valence-corrected chi connectivity index (χ1v) is 8.57. The van der Waals surface area contributed by atoms with Crippen molar-refractivity contribution in [3.8, 4) is 5.75 Å². The maximum absolute atomic E-state index is 12.2. The summed E-state index contributed by atoms with van der Waals surface area (Å²) in [5.41, 5.74) is 6.61. The van der Waals surface area contributed by atoms with Gasteiger partial charge in [-0.2, -0.15) is 5.11 Å². The van der Waals surface area contributed by atoms with E-state index >= 15 is 0 Å². The van der Waals surface area contributed by atoms with Gasteiger partial charge in [0.05, 0.1) is 12.8 Å². The first-order valence-electron chi connectivity index (χ1n) is 8.57. The van der Waals surface area contributed by atoms with Crippen LogP contribution in [0.3, 0.4) is 0 Å². The van der Waals surface area contributed by atoms with E-state index in [0.717, 1.165) is 0 Å². The highest BCUT2D eigenvalue weighted by Crippen LogP contribution is 2.33. The number of aromatic nitrogens is 1. The van der Waals surface area contributed by atoms with Crippen LogP contribution in [0.5, 0.6) is 5.75 Å². The molecule has 10 heteroatoms. The van der Waals surface area contributed by atoms with Gasteiger partial charge in [0.2, 0.25) is 0 Å². The summed E-state index contributed by atoms with van der Waals surface area (Å²) in [6.45, 7) is 4.61. The van der Waals surface area contributed by atoms with Gasteiger partial charge in [-0.05, 0) is 26.0 Å². The van der Waals surface area contributed by atoms with Crippen LogP contribution in [0.25, 0.3) is 0 Å². The lowest BCUT2D eigenvalue weighted by molar-refractivity contribution is 0.157. The first-order chi connectivity index (χ1) is 13.5. The Morgan fingerprint density at radius 3 is 2.46 bits per heavy atom. The van der Waals surface area contributed by atoms with Crippen LogP contribution >= 0.6 is 0 Å². The Labute approximate surface area is 162 Å². The second kappa shape index (κ2) is 9.86. The van der Waals surface area contributed by atoms with Crippen molar-refractivity contribution in [2.24, 2.45) is 10.2 Å². The minimum atomic E-state index is -0.754. The van der Waals surface area contributed by atoms with E-state index in [4.69, 9.17) is 10.5 Å². The molecule has 2 aromatic rings. The quantitative estimate of drug-likeness (QED) is 0.719. The number of ether oxygens (including phenoxy) is 2. The fraction of sp³-hybridized carbons (Fsp3) is 0.278. The summed E-state index contributed by atoms with van der Waals surface area (Å²) in [6, 6.07) is 10.3. The third-order valence-corrected chi connectivity index (χ3v) is 3.65. The number of nitrogens with one attached hydrogen (secondary N) is 1. The minimum Gasteiger partial charge on any atom is -0.453 e. The molecule has 28 heavy (non-hydrogen) atoms. The number of benzene rings is 1. The lowest BCUT2D eigenvalue weighted by Crippen LogP contribution is -2.33. The molecule has 2 amide bonds. The number of methoxy groups -OCH3 is 1. The zero-order valence-electron chi connectivity index (χ0n) is 15.9. The van der Waals surface area contributed by atoms with Crippen LogP contribution in [0.4, 0.5) is 32.6 Å². The number of nitrogens with two attached hydrogens (primary N) is 1. The molecular formula is C18H22N6O4. The third-order valence-electron chi connectivity index (χ3n) is 3.65. The number of carbonyl (C=O) groups is 2. The first kappa shape index (κ1) is 20.6. The molecule has 148 valence electrons. The van der Waals surface area contributed by atoms with Crippen molar-refractivity contribution < 1.29 is 19.1 Å². The van der Waals surface area contributed by atoms with Crippen molar-refractivity contribution in [3.63, 3.8) is 0 Å². The molecule has 3 N–H and O–H groups in total. The Morgan fingerprint density at radius 2 is 1.86 bits per heavy atom. The molecule has 0 atom stereocenters. The summed E-state index contributed by atoms with van der Waals surface area (Å²) in [7, 11) is 1.21. The number of azo groups is 1. The van der Waals surface area contributed by atoms with Crippen molar-refractivity contribution >= 4 is 35.2 Å². The standard InChI is InChI=1S/C18H22N6O4/c1-4-24(5-2)18(26)28-14-11-13(23-22-12-9-7-6-8-10-12)16(20-15(14)19)21-17(25)27-3/h6-11H,4-5H2,1-3H3,(H3,19,20,21,25)/b23-22+. The molecule has 0 unspecified atom stereocenters. The maximum Gasteiger partial charge on any atom is 0.415 e. The van der Waals surface area contributed by atoms with Crippen molar-refractivity contribution in [2.45, 2.75) is 13.8 Å². The van der Waals surface area contributed by atoms with E-state index < -0.39 is 12.2 Å². The highest BCUT2D eigenvalue weighted by molar-refractivity contribution is 5.88. The normalized spacial score (nSPS) is 10.5. The van der Waals surface area contributed by atoms with E-state index in [0.29, 0.717) is 18.8 Å². The molecule has 1 aromatic heterocycles. The molecule has 0 spiro atoms. The van der Waals surface area contributed by atoms with Gasteiger partial charge in [0.15, 0.2) is 17.4 Å². The molecule has 0 radical (unpaired) electrons. The lowest BCUT2D eigenvalue weighted by Gasteiger charge is -2.18. The molecule has 2 rings (SSSR count). The molecular weight excluding hydrogens is 364 g/mol. The lowest BCUT2D eigenvalue weighted by atomic mass is 10.3. The average Bonchev–Trinajstić information content (AvgIpc) is 2.70. The third kappa shape index (κ3) is 5.40. The number of anilines is 2.